The van der Waals surface area contributed by atoms with E-state index in [9.17, 15) is 0 Å². The van der Waals surface area contributed by atoms with Gasteiger partial charge in [0.2, 0.25) is 0 Å². The molecule has 2 aromatic rings. The van der Waals surface area contributed by atoms with E-state index >= 15 is 0 Å². The summed E-state index contributed by atoms with van der Waals surface area (Å²) in [6.07, 6.45) is 1.96. The number of hydrogen-bond acceptors (Lipinski definition) is 1. The van der Waals surface area contributed by atoms with Crippen molar-refractivity contribution in [1.29, 1.82) is 0 Å². The van der Waals surface area contributed by atoms with Gasteiger partial charge in [-0.25, -0.2) is 0 Å². The highest BCUT2D eigenvalue weighted by Gasteiger charge is 2.23. The van der Waals surface area contributed by atoms with Gasteiger partial charge in [0, 0.05) is 11.3 Å². The molecule has 0 saturated heterocycles. The van der Waals surface area contributed by atoms with E-state index in [1.54, 1.807) is 0 Å². The molecule has 1 aliphatic rings. The molecule has 1 aliphatic carbocycles. The van der Waals surface area contributed by atoms with E-state index in [4.69, 9.17) is 5.73 Å². The maximum Gasteiger partial charge on any atom is 0.0397 e. The van der Waals surface area contributed by atoms with Gasteiger partial charge in [-0.1, -0.05) is 57.7 Å². The predicted octanol–water partition coefficient (Wildman–Crippen LogP) is 5.29. The summed E-state index contributed by atoms with van der Waals surface area (Å²) in [6, 6.07) is 12.6. The summed E-state index contributed by atoms with van der Waals surface area (Å²) in [4.78, 5) is 0. The molecule has 2 N–H and O–H groups in total. The van der Waals surface area contributed by atoms with Crippen molar-refractivity contribution >= 4 is 11.3 Å². The molecule has 3 rings (SSSR count). The van der Waals surface area contributed by atoms with Crippen LogP contribution >= 0.6 is 0 Å². The van der Waals surface area contributed by atoms with Crippen molar-refractivity contribution in [2.45, 2.75) is 33.6 Å². The number of benzene rings is 2. The molecule has 20 heavy (non-hydrogen) atoms. The maximum atomic E-state index is 6.17. The molecule has 104 valence electrons. The van der Waals surface area contributed by atoms with E-state index in [1.165, 1.54) is 33.4 Å². The summed E-state index contributed by atoms with van der Waals surface area (Å²) < 4.78 is 0. The van der Waals surface area contributed by atoms with E-state index in [0.717, 1.165) is 18.5 Å². The smallest absolute Gasteiger partial charge is 0.0397 e. The van der Waals surface area contributed by atoms with Crippen molar-refractivity contribution in [3.63, 3.8) is 0 Å². The van der Waals surface area contributed by atoms with Crippen LogP contribution < -0.4 is 5.73 Å². The van der Waals surface area contributed by atoms with Crippen LogP contribution in [0.15, 0.2) is 43.0 Å². The highest BCUT2D eigenvalue weighted by atomic mass is 14.6. The lowest BCUT2D eigenvalue weighted by Crippen LogP contribution is -1.95. The molecule has 0 amide bonds. The van der Waals surface area contributed by atoms with Crippen molar-refractivity contribution in [2.24, 2.45) is 0 Å². The Morgan fingerprint density at radius 2 is 1.85 bits per heavy atom. The number of nitrogens with two attached hydrogens (primary N) is 1. The van der Waals surface area contributed by atoms with Gasteiger partial charge < -0.3 is 5.73 Å². The summed E-state index contributed by atoms with van der Waals surface area (Å²) in [6.45, 7) is 10.3. The van der Waals surface area contributed by atoms with Gasteiger partial charge in [0.15, 0.2) is 0 Å². The van der Waals surface area contributed by atoms with Gasteiger partial charge >= 0.3 is 0 Å². The fourth-order valence-electron chi connectivity index (χ4n) is 2.80. The third-order valence-corrected chi connectivity index (χ3v) is 3.81. The molecule has 0 spiro atoms. The van der Waals surface area contributed by atoms with Crippen molar-refractivity contribution in [3.8, 4) is 11.1 Å². The van der Waals surface area contributed by atoms with E-state index < -0.39 is 0 Å². The molecule has 1 heteroatoms. The Morgan fingerprint density at radius 3 is 2.55 bits per heavy atom. The quantitative estimate of drug-likeness (QED) is 0.626. The Morgan fingerprint density at radius 1 is 1.15 bits per heavy atom. The lowest BCUT2D eigenvalue weighted by atomic mass is 9.94. The molecule has 1 nitrogen and oxygen atoms in total. The van der Waals surface area contributed by atoms with Crippen LogP contribution in [0.3, 0.4) is 0 Å². The molecule has 0 fully saturated rings. The van der Waals surface area contributed by atoms with Gasteiger partial charge in [0.05, 0.1) is 0 Å². The van der Waals surface area contributed by atoms with Crippen LogP contribution in [0.2, 0.25) is 0 Å². The second-order valence-corrected chi connectivity index (χ2v) is 4.85. The Labute approximate surface area is 122 Å². The SMILES string of the molecule is C=C(CC)c1ccc(N)c2c1Cc1ccccc1-2.CC. The molecule has 2 aromatic carbocycles. The zero-order chi connectivity index (χ0) is 14.7. The molecular formula is C19H23N. The van der Waals surface area contributed by atoms with Crippen LogP contribution in [0.4, 0.5) is 5.69 Å². The van der Waals surface area contributed by atoms with Crippen LogP contribution in [-0.2, 0) is 6.42 Å². The fourth-order valence-corrected chi connectivity index (χ4v) is 2.80. The number of anilines is 1. The van der Waals surface area contributed by atoms with Gasteiger partial charge in [0.1, 0.15) is 0 Å². The fraction of sp³-hybridized carbons (Fsp3) is 0.263. The number of allylic oxidation sites excluding steroid dienone is 1. The number of hydrogen-bond donors (Lipinski definition) is 1. The molecule has 0 atom stereocenters. The van der Waals surface area contributed by atoms with Gasteiger partial charge in [-0.2, -0.15) is 0 Å². The molecule has 0 heterocycles. The Hall–Kier alpha value is -2.02. The zero-order valence-electron chi connectivity index (χ0n) is 12.7. The van der Waals surface area contributed by atoms with Crippen LogP contribution in [0, 0.1) is 0 Å². The molecule has 0 aliphatic heterocycles. The first kappa shape index (κ1) is 14.4. The van der Waals surface area contributed by atoms with Crippen molar-refractivity contribution in [3.05, 3.63) is 59.7 Å². The van der Waals surface area contributed by atoms with Crippen molar-refractivity contribution in [1.82, 2.24) is 0 Å². The monoisotopic (exact) mass is 265 g/mol. The highest BCUT2D eigenvalue weighted by molar-refractivity contribution is 5.90. The average molecular weight is 265 g/mol. The zero-order valence-corrected chi connectivity index (χ0v) is 12.7. The van der Waals surface area contributed by atoms with Crippen LogP contribution in [0.5, 0.6) is 0 Å². The minimum atomic E-state index is 0.877. The van der Waals surface area contributed by atoms with Crippen LogP contribution in [0.25, 0.3) is 16.7 Å². The second kappa shape index (κ2) is 5.96. The molecule has 0 aromatic heterocycles. The molecule has 0 bridgehead atoms. The van der Waals surface area contributed by atoms with E-state index in [0.29, 0.717) is 0 Å². The van der Waals surface area contributed by atoms with E-state index in [-0.39, 0.29) is 0 Å². The standard InChI is InChI=1S/C17H17N.C2H6/c1-3-11(2)13-8-9-16(18)17-14-7-5-4-6-12(14)10-15(13)17;1-2/h4-9H,2-3,10,18H2,1H3;1-2H3. The largest absolute Gasteiger partial charge is 0.398 e. The third-order valence-electron chi connectivity index (χ3n) is 3.81. The highest BCUT2D eigenvalue weighted by Crippen LogP contribution is 2.43. The minimum Gasteiger partial charge on any atom is -0.398 e. The summed E-state index contributed by atoms with van der Waals surface area (Å²) >= 11 is 0. The first-order chi connectivity index (χ1) is 9.72. The van der Waals surface area contributed by atoms with Gasteiger partial charge in [-0.05, 0) is 46.7 Å². The Balaban J connectivity index is 0.000000704. The topological polar surface area (TPSA) is 26.0 Å². The third kappa shape index (κ3) is 2.24. The average Bonchev–Trinajstić information content (AvgIpc) is 2.89. The Bertz CT molecular complexity index is 638. The van der Waals surface area contributed by atoms with Gasteiger partial charge in [-0.3, -0.25) is 0 Å². The van der Waals surface area contributed by atoms with Gasteiger partial charge in [0.25, 0.3) is 0 Å². The summed E-state index contributed by atoms with van der Waals surface area (Å²) in [5.74, 6) is 0. The summed E-state index contributed by atoms with van der Waals surface area (Å²) in [5.41, 5.74) is 14.7. The van der Waals surface area contributed by atoms with Crippen LogP contribution in [-0.4, -0.2) is 0 Å². The number of fused-ring (bicyclic) bond motifs is 3. The molecule has 0 saturated carbocycles. The lowest BCUT2D eigenvalue weighted by molar-refractivity contribution is 1.20. The normalized spacial score (nSPS) is 11.2. The summed E-state index contributed by atoms with van der Waals surface area (Å²) in [7, 11) is 0. The second-order valence-electron chi connectivity index (χ2n) is 4.85. The van der Waals surface area contributed by atoms with Gasteiger partial charge in [-0.15, -0.1) is 0 Å². The first-order valence-corrected chi connectivity index (χ1v) is 7.40. The molecular weight excluding hydrogens is 242 g/mol. The van der Waals surface area contributed by atoms with Crippen molar-refractivity contribution in [2.75, 3.05) is 5.73 Å². The minimum absolute atomic E-state index is 0.877. The maximum absolute atomic E-state index is 6.17. The molecule has 0 radical (unpaired) electrons. The Kier molecular flexibility index (Phi) is 4.29. The van der Waals surface area contributed by atoms with E-state index in [1.807, 2.05) is 19.9 Å². The number of rotatable bonds is 2. The van der Waals surface area contributed by atoms with E-state index in [2.05, 4.69) is 43.8 Å². The van der Waals surface area contributed by atoms with Crippen molar-refractivity contribution < 1.29 is 0 Å². The number of nitrogen functional groups attached to an aromatic ring is 1. The predicted molar refractivity (Wildman–Crippen MR) is 89.8 cm³/mol. The lowest BCUT2D eigenvalue weighted by Gasteiger charge is -2.12. The summed E-state index contributed by atoms with van der Waals surface area (Å²) in [5, 5.41) is 0. The first-order valence-electron chi connectivity index (χ1n) is 7.40. The molecule has 0 unspecified atom stereocenters. The van der Waals surface area contributed by atoms with Crippen LogP contribution in [0.1, 0.15) is 43.9 Å².